The summed E-state index contributed by atoms with van der Waals surface area (Å²) in [4.78, 5) is 14.0. The van der Waals surface area contributed by atoms with Gasteiger partial charge in [0.25, 0.3) is 0 Å². The zero-order chi connectivity index (χ0) is 15.2. The molecule has 1 unspecified atom stereocenters. The predicted octanol–water partition coefficient (Wildman–Crippen LogP) is 2.50. The van der Waals surface area contributed by atoms with Gasteiger partial charge in [0.05, 0.1) is 6.42 Å². The summed E-state index contributed by atoms with van der Waals surface area (Å²) in [5.41, 5.74) is 0.128. The summed E-state index contributed by atoms with van der Waals surface area (Å²) < 4.78 is 26.8. The molecule has 21 heavy (non-hydrogen) atoms. The summed E-state index contributed by atoms with van der Waals surface area (Å²) in [5.74, 6) is -1.95. The number of benzene rings is 1. The molecule has 3 nitrogen and oxygen atoms in total. The van der Waals surface area contributed by atoms with E-state index in [9.17, 15) is 13.6 Å². The normalized spacial score (nSPS) is 18.8. The maximum Gasteiger partial charge on any atom is 0.227 e. The number of carbonyl (C=O) groups excluding carboxylic acids is 1. The number of hydrogen-bond donors (Lipinski definition) is 1. The lowest BCUT2D eigenvalue weighted by molar-refractivity contribution is -0.131. The van der Waals surface area contributed by atoms with Crippen molar-refractivity contribution in [3.63, 3.8) is 0 Å². The molecule has 1 N–H and O–H groups in total. The van der Waals surface area contributed by atoms with Crippen molar-refractivity contribution in [1.29, 1.82) is 0 Å². The van der Waals surface area contributed by atoms with Crippen molar-refractivity contribution in [2.75, 3.05) is 19.6 Å². The summed E-state index contributed by atoms with van der Waals surface area (Å²) in [5, 5.41) is 3.41. The van der Waals surface area contributed by atoms with Gasteiger partial charge in [-0.3, -0.25) is 4.79 Å². The number of rotatable bonds is 5. The molecule has 1 amide bonds. The first-order chi connectivity index (χ1) is 10.1. The third-order valence-corrected chi connectivity index (χ3v) is 3.83. The Bertz CT molecular complexity index is 493. The van der Waals surface area contributed by atoms with Gasteiger partial charge in [0.1, 0.15) is 0 Å². The van der Waals surface area contributed by atoms with Gasteiger partial charge in [-0.25, -0.2) is 8.78 Å². The molecule has 0 saturated carbocycles. The van der Waals surface area contributed by atoms with Gasteiger partial charge in [-0.1, -0.05) is 19.1 Å². The number of nitrogens with zero attached hydrogens (tertiary/aromatic N) is 1. The summed E-state index contributed by atoms with van der Waals surface area (Å²) in [6.07, 6.45) is 2.97. The van der Waals surface area contributed by atoms with Crippen LogP contribution >= 0.6 is 0 Å². The highest BCUT2D eigenvalue weighted by Crippen LogP contribution is 2.15. The largest absolute Gasteiger partial charge is 0.341 e. The van der Waals surface area contributed by atoms with Gasteiger partial charge in [0.15, 0.2) is 11.6 Å². The quantitative estimate of drug-likeness (QED) is 0.905. The van der Waals surface area contributed by atoms with Crippen LogP contribution in [0.15, 0.2) is 18.2 Å². The van der Waals surface area contributed by atoms with Crippen LogP contribution in [-0.4, -0.2) is 36.5 Å². The highest BCUT2D eigenvalue weighted by Gasteiger charge is 2.24. The smallest absolute Gasteiger partial charge is 0.227 e. The Balaban J connectivity index is 1.95. The van der Waals surface area contributed by atoms with Crippen LogP contribution in [0.25, 0.3) is 0 Å². The Labute approximate surface area is 124 Å². The maximum absolute atomic E-state index is 13.6. The van der Waals surface area contributed by atoms with Crippen LogP contribution in [-0.2, 0) is 11.2 Å². The van der Waals surface area contributed by atoms with Crippen LogP contribution < -0.4 is 5.32 Å². The molecule has 116 valence electrons. The van der Waals surface area contributed by atoms with Gasteiger partial charge in [0, 0.05) is 24.7 Å². The SMILES string of the molecule is CCCNC1CCCN(C(=O)Cc2cccc(F)c2F)C1. The molecular weight excluding hydrogens is 274 g/mol. The van der Waals surface area contributed by atoms with Gasteiger partial charge in [0.2, 0.25) is 5.91 Å². The third kappa shape index (κ3) is 4.24. The Hall–Kier alpha value is -1.49. The number of likely N-dealkylation sites (tertiary alicyclic amines) is 1. The molecule has 1 atom stereocenters. The summed E-state index contributed by atoms with van der Waals surface area (Å²) >= 11 is 0. The van der Waals surface area contributed by atoms with Crippen molar-refractivity contribution in [2.24, 2.45) is 0 Å². The van der Waals surface area contributed by atoms with E-state index in [1.165, 1.54) is 12.1 Å². The van der Waals surface area contributed by atoms with E-state index in [4.69, 9.17) is 0 Å². The first-order valence-electron chi connectivity index (χ1n) is 7.56. The Morgan fingerprint density at radius 3 is 3.00 bits per heavy atom. The van der Waals surface area contributed by atoms with Crippen LogP contribution in [0.5, 0.6) is 0 Å². The van der Waals surface area contributed by atoms with Crippen LogP contribution in [0.3, 0.4) is 0 Å². The van der Waals surface area contributed by atoms with Crippen LogP contribution in [0.2, 0.25) is 0 Å². The second-order valence-corrected chi connectivity index (χ2v) is 5.52. The first kappa shape index (κ1) is 15.9. The zero-order valence-electron chi connectivity index (χ0n) is 12.4. The van der Waals surface area contributed by atoms with Gasteiger partial charge in [-0.05, 0) is 31.9 Å². The lowest BCUT2D eigenvalue weighted by Gasteiger charge is -2.33. The van der Waals surface area contributed by atoms with E-state index in [1.807, 2.05) is 0 Å². The molecular formula is C16H22F2N2O. The molecule has 1 aliphatic heterocycles. The standard InChI is InChI=1S/C16H22F2N2O/c1-2-8-19-13-6-4-9-20(11-13)15(21)10-12-5-3-7-14(17)16(12)18/h3,5,7,13,19H,2,4,6,8-11H2,1H3. The lowest BCUT2D eigenvalue weighted by Crippen LogP contribution is -2.48. The lowest BCUT2D eigenvalue weighted by atomic mass is 10.0. The van der Waals surface area contributed by atoms with E-state index >= 15 is 0 Å². The third-order valence-electron chi connectivity index (χ3n) is 3.83. The highest BCUT2D eigenvalue weighted by molar-refractivity contribution is 5.79. The van der Waals surface area contributed by atoms with Gasteiger partial charge in [-0.2, -0.15) is 0 Å². The molecule has 0 aliphatic carbocycles. The van der Waals surface area contributed by atoms with Crippen molar-refractivity contribution in [3.8, 4) is 0 Å². The van der Waals surface area contributed by atoms with Gasteiger partial charge < -0.3 is 10.2 Å². The molecule has 0 radical (unpaired) electrons. The fourth-order valence-corrected chi connectivity index (χ4v) is 2.68. The molecule has 1 aromatic carbocycles. The molecule has 1 aromatic rings. The number of piperidine rings is 1. The average Bonchev–Trinajstić information content (AvgIpc) is 2.50. The monoisotopic (exact) mass is 296 g/mol. The summed E-state index contributed by atoms with van der Waals surface area (Å²) in [6, 6.07) is 4.27. The fraction of sp³-hybridized carbons (Fsp3) is 0.562. The minimum absolute atomic E-state index is 0.0793. The van der Waals surface area contributed by atoms with Crippen LogP contribution in [0.1, 0.15) is 31.7 Å². The van der Waals surface area contributed by atoms with Gasteiger partial charge >= 0.3 is 0 Å². The van der Waals surface area contributed by atoms with Crippen molar-refractivity contribution < 1.29 is 13.6 Å². The second kappa shape index (κ2) is 7.50. The maximum atomic E-state index is 13.6. The molecule has 1 heterocycles. The van der Waals surface area contributed by atoms with Crippen LogP contribution in [0, 0.1) is 11.6 Å². The first-order valence-corrected chi connectivity index (χ1v) is 7.56. The Kier molecular flexibility index (Phi) is 5.67. The number of amides is 1. The number of nitrogens with one attached hydrogen (secondary N) is 1. The average molecular weight is 296 g/mol. The molecule has 0 spiro atoms. The number of halogens is 2. The van der Waals surface area contributed by atoms with Gasteiger partial charge in [-0.15, -0.1) is 0 Å². The number of hydrogen-bond acceptors (Lipinski definition) is 2. The molecule has 1 fully saturated rings. The summed E-state index contributed by atoms with van der Waals surface area (Å²) in [6.45, 7) is 4.38. The van der Waals surface area contributed by atoms with E-state index < -0.39 is 11.6 Å². The second-order valence-electron chi connectivity index (χ2n) is 5.52. The molecule has 1 saturated heterocycles. The summed E-state index contributed by atoms with van der Waals surface area (Å²) in [7, 11) is 0. The van der Waals surface area contributed by atoms with E-state index in [0.29, 0.717) is 19.1 Å². The fourth-order valence-electron chi connectivity index (χ4n) is 2.68. The Morgan fingerprint density at radius 1 is 1.43 bits per heavy atom. The van der Waals surface area contributed by atoms with Crippen molar-refractivity contribution in [3.05, 3.63) is 35.4 Å². The van der Waals surface area contributed by atoms with E-state index in [2.05, 4.69) is 12.2 Å². The van der Waals surface area contributed by atoms with E-state index in [-0.39, 0.29) is 17.9 Å². The molecule has 1 aliphatic rings. The molecule has 5 heteroatoms. The topological polar surface area (TPSA) is 32.3 Å². The predicted molar refractivity (Wildman–Crippen MR) is 78.0 cm³/mol. The van der Waals surface area contributed by atoms with Crippen molar-refractivity contribution in [1.82, 2.24) is 10.2 Å². The molecule has 2 rings (SSSR count). The highest BCUT2D eigenvalue weighted by atomic mass is 19.2. The van der Waals surface area contributed by atoms with Crippen molar-refractivity contribution in [2.45, 2.75) is 38.6 Å². The molecule has 0 aromatic heterocycles. The minimum atomic E-state index is -0.913. The Morgan fingerprint density at radius 2 is 2.24 bits per heavy atom. The van der Waals surface area contributed by atoms with Crippen LogP contribution in [0.4, 0.5) is 8.78 Å². The zero-order valence-corrected chi connectivity index (χ0v) is 12.4. The van der Waals surface area contributed by atoms with Crippen molar-refractivity contribution >= 4 is 5.91 Å². The number of carbonyl (C=O) groups is 1. The molecule has 0 bridgehead atoms. The van der Waals surface area contributed by atoms with E-state index in [1.54, 1.807) is 4.90 Å². The van der Waals surface area contributed by atoms with E-state index in [0.717, 1.165) is 31.9 Å². The minimum Gasteiger partial charge on any atom is -0.341 e.